The molecule has 1 aliphatic rings. The van der Waals surface area contributed by atoms with Crippen LogP contribution in [0.4, 0.5) is 0 Å². The Morgan fingerprint density at radius 3 is 2.68 bits per heavy atom. The normalized spacial score (nSPS) is 16.1. The van der Waals surface area contributed by atoms with Crippen LogP contribution in [0.1, 0.15) is 31.1 Å². The Labute approximate surface area is 166 Å². The van der Waals surface area contributed by atoms with E-state index in [0.717, 1.165) is 49.8 Å². The van der Waals surface area contributed by atoms with Crippen molar-refractivity contribution in [2.24, 2.45) is 4.99 Å². The third kappa shape index (κ3) is 4.67. The van der Waals surface area contributed by atoms with Crippen molar-refractivity contribution in [1.29, 1.82) is 0 Å². The topological polar surface area (TPSA) is 50.0 Å². The minimum Gasteiger partial charge on any atom is -0.459 e. The van der Waals surface area contributed by atoms with Gasteiger partial charge in [0.05, 0.1) is 12.6 Å². The lowest BCUT2D eigenvalue weighted by Gasteiger charge is -2.33. The molecule has 138 valence electrons. The number of rotatable bonds is 4. The SMILES string of the molecule is CCOC1CCN(C(=NC)NCc2oc3ccccc3c2C)CC1.I. The van der Waals surface area contributed by atoms with Crippen LogP contribution in [0.15, 0.2) is 33.7 Å². The first-order valence-corrected chi connectivity index (χ1v) is 8.77. The third-order valence-corrected chi connectivity index (χ3v) is 4.71. The minimum absolute atomic E-state index is 0. The van der Waals surface area contributed by atoms with Gasteiger partial charge in [-0.05, 0) is 32.8 Å². The summed E-state index contributed by atoms with van der Waals surface area (Å²) in [5, 5.41) is 4.63. The van der Waals surface area contributed by atoms with Crippen molar-refractivity contribution in [3.05, 3.63) is 35.6 Å². The predicted molar refractivity (Wildman–Crippen MR) is 113 cm³/mol. The van der Waals surface area contributed by atoms with E-state index in [9.17, 15) is 0 Å². The second-order valence-corrected chi connectivity index (χ2v) is 6.19. The molecule has 2 aromatic rings. The van der Waals surface area contributed by atoms with Crippen LogP contribution in [0.5, 0.6) is 0 Å². The number of hydrogen-bond donors (Lipinski definition) is 1. The second kappa shape index (κ2) is 9.43. The second-order valence-electron chi connectivity index (χ2n) is 6.19. The van der Waals surface area contributed by atoms with Gasteiger partial charge in [0.15, 0.2) is 5.96 Å². The van der Waals surface area contributed by atoms with Gasteiger partial charge in [-0.25, -0.2) is 0 Å². The summed E-state index contributed by atoms with van der Waals surface area (Å²) >= 11 is 0. The van der Waals surface area contributed by atoms with Crippen molar-refractivity contribution in [2.75, 3.05) is 26.7 Å². The molecule has 1 fully saturated rings. The Bertz CT molecular complexity index is 706. The van der Waals surface area contributed by atoms with Crippen LogP contribution in [0.2, 0.25) is 0 Å². The first kappa shape index (κ1) is 20.0. The molecule has 1 N–H and O–H groups in total. The lowest BCUT2D eigenvalue weighted by atomic mass is 10.1. The number of nitrogens with one attached hydrogen (secondary N) is 1. The van der Waals surface area contributed by atoms with Gasteiger partial charge in [-0.15, -0.1) is 24.0 Å². The molecule has 0 aliphatic carbocycles. The summed E-state index contributed by atoms with van der Waals surface area (Å²) < 4.78 is 11.7. The van der Waals surface area contributed by atoms with E-state index in [1.54, 1.807) is 0 Å². The number of aryl methyl sites for hydroxylation is 1. The highest BCUT2D eigenvalue weighted by atomic mass is 127. The van der Waals surface area contributed by atoms with Crippen LogP contribution >= 0.6 is 24.0 Å². The first-order chi connectivity index (χ1) is 11.7. The lowest BCUT2D eigenvalue weighted by molar-refractivity contribution is 0.0263. The molecule has 0 bridgehead atoms. The largest absolute Gasteiger partial charge is 0.459 e. The fourth-order valence-corrected chi connectivity index (χ4v) is 3.36. The molecule has 3 rings (SSSR count). The summed E-state index contributed by atoms with van der Waals surface area (Å²) in [5.41, 5.74) is 2.14. The fraction of sp³-hybridized carbons (Fsp3) is 0.526. The lowest BCUT2D eigenvalue weighted by Crippen LogP contribution is -2.46. The zero-order valence-corrected chi connectivity index (χ0v) is 17.6. The van der Waals surface area contributed by atoms with E-state index in [4.69, 9.17) is 9.15 Å². The van der Waals surface area contributed by atoms with Crippen molar-refractivity contribution < 1.29 is 9.15 Å². The Morgan fingerprint density at radius 1 is 1.32 bits per heavy atom. The van der Waals surface area contributed by atoms with Crippen molar-refractivity contribution in [2.45, 2.75) is 39.3 Å². The molecule has 25 heavy (non-hydrogen) atoms. The quantitative estimate of drug-likeness (QED) is 0.430. The van der Waals surface area contributed by atoms with E-state index in [0.29, 0.717) is 12.6 Å². The molecule has 1 aromatic heterocycles. The van der Waals surface area contributed by atoms with Crippen molar-refractivity contribution >= 4 is 40.9 Å². The van der Waals surface area contributed by atoms with Gasteiger partial charge in [-0.2, -0.15) is 0 Å². The fourth-order valence-electron chi connectivity index (χ4n) is 3.36. The molecule has 0 amide bonds. The summed E-state index contributed by atoms with van der Waals surface area (Å²) in [6.45, 7) is 7.57. The molecule has 2 heterocycles. The van der Waals surface area contributed by atoms with Gasteiger partial charge in [0, 0.05) is 37.7 Å². The molecule has 1 aliphatic heterocycles. The number of aliphatic imine (C=N–C) groups is 1. The van der Waals surface area contributed by atoms with Crippen LogP contribution in [0, 0.1) is 6.92 Å². The Kier molecular flexibility index (Phi) is 7.56. The molecule has 0 spiro atoms. The number of likely N-dealkylation sites (tertiary alicyclic amines) is 1. The maximum absolute atomic E-state index is 5.97. The van der Waals surface area contributed by atoms with Crippen LogP contribution in [-0.2, 0) is 11.3 Å². The van der Waals surface area contributed by atoms with E-state index in [1.165, 1.54) is 10.9 Å². The van der Waals surface area contributed by atoms with Crippen molar-refractivity contribution in [1.82, 2.24) is 10.2 Å². The first-order valence-electron chi connectivity index (χ1n) is 8.77. The summed E-state index contributed by atoms with van der Waals surface area (Å²) in [7, 11) is 1.84. The Morgan fingerprint density at radius 2 is 2.04 bits per heavy atom. The molecule has 0 atom stereocenters. The number of benzene rings is 1. The van der Waals surface area contributed by atoms with E-state index in [2.05, 4.69) is 35.1 Å². The Balaban J connectivity index is 0.00000225. The minimum atomic E-state index is 0. The maximum atomic E-state index is 5.97. The van der Waals surface area contributed by atoms with E-state index >= 15 is 0 Å². The summed E-state index contributed by atoms with van der Waals surface area (Å²) in [6.07, 6.45) is 2.50. The molecule has 5 nitrogen and oxygen atoms in total. The van der Waals surface area contributed by atoms with Gasteiger partial charge in [0.25, 0.3) is 0 Å². The number of piperidine rings is 1. The number of fused-ring (bicyclic) bond motifs is 1. The number of ether oxygens (including phenoxy) is 1. The number of guanidine groups is 1. The summed E-state index contributed by atoms with van der Waals surface area (Å²) in [6, 6.07) is 8.16. The average molecular weight is 457 g/mol. The van der Waals surface area contributed by atoms with Gasteiger partial charge in [0.2, 0.25) is 0 Å². The Hall–Kier alpha value is -1.28. The van der Waals surface area contributed by atoms with Gasteiger partial charge >= 0.3 is 0 Å². The molecule has 6 heteroatoms. The maximum Gasteiger partial charge on any atom is 0.194 e. The molecule has 1 aromatic carbocycles. The third-order valence-electron chi connectivity index (χ3n) is 4.71. The number of furan rings is 1. The molecule has 0 saturated carbocycles. The molecule has 0 radical (unpaired) electrons. The van der Waals surface area contributed by atoms with Crippen LogP contribution < -0.4 is 5.32 Å². The van der Waals surface area contributed by atoms with Crippen LogP contribution in [-0.4, -0.2) is 43.7 Å². The molecular formula is C19H28IN3O2. The monoisotopic (exact) mass is 457 g/mol. The predicted octanol–water partition coefficient (Wildman–Crippen LogP) is 3.94. The van der Waals surface area contributed by atoms with Gasteiger partial charge < -0.3 is 19.4 Å². The van der Waals surface area contributed by atoms with Crippen molar-refractivity contribution in [3.8, 4) is 0 Å². The number of para-hydroxylation sites is 1. The van der Waals surface area contributed by atoms with E-state index in [-0.39, 0.29) is 24.0 Å². The summed E-state index contributed by atoms with van der Waals surface area (Å²) in [5.74, 6) is 1.91. The van der Waals surface area contributed by atoms with Gasteiger partial charge in [0.1, 0.15) is 11.3 Å². The van der Waals surface area contributed by atoms with E-state index < -0.39 is 0 Å². The number of nitrogens with zero attached hydrogens (tertiary/aromatic N) is 2. The standard InChI is InChI=1S/C19H27N3O2.HI/c1-4-23-15-9-11-22(12-10-15)19(20-3)21-13-18-14(2)16-7-5-6-8-17(16)24-18;/h5-8,15H,4,9-13H2,1-3H3,(H,20,21);1H. The van der Waals surface area contributed by atoms with Crippen molar-refractivity contribution in [3.63, 3.8) is 0 Å². The van der Waals surface area contributed by atoms with E-state index in [1.807, 2.05) is 25.2 Å². The highest BCUT2D eigenvalue weighted by molar-refractivity contribution is 14.0. The summed E-state index contributed by atoms with van der Waals surface area (Å²) in [4.78, 5) is 6.73. The van der Waals surface area contributed by atoms with Gasteiger partial charge in [-0.3, -0.25) is 4.99 Å². The highest BCUT2D eigenvalue weighted by Gasteiger charge is 2.22. The average Bonchev–Trinajstić information content (AvgIpc) is 2.93. The smallest absolute Gasteiger partial charge is 0.194 e. The highest BCUT2D eigenvalue weighted by Crippen LogP contribution is 2.24. The zero-order chi connectivity index (χ0) is 16.9. The molecule has 0 unspecified atom stereocenters. The number of halogens is 1. The number of hydrogen-bond acceptors (Lipinski definition) is 3. The zero-order valence-electron chi connectivity index (χ0n) is 15.2. The van der Waals surface area contributed by atoms with Crippen LogP contribution in [0.3, 0.4) is 0 Å². The van der Waals surface area contributed by atoms with Gasteiger partial charge in [-0.1, -0.05) is 18.2 Å². The van der Waals surface area contributed by atoms with Crippen LogP contribution in [0.25, 0.3) is 11.0 Å². The molecule has 1 saturated heterocycles. The molecular weight excluding hydrogens is 429 g/mol.